The zero-order chi connectivity index (χ0) is 8.81. The van der Waals surface area contributed by atoms with Crippen molar-refractivity contribution in [1.82, 2.24) is 5.32 Å². The zero-order valence-electron chi connectivity index (χ0n) is 8.05. The highest BCUT2D eigenvalue weighted by molar-refractivity contribution is 4.70. The lowest BCUT2D eigenvalue weighted by atomic mass is 10.1. The fourth-order valence-electron chi connectivity index (χ4n) is 1.81. The van der Waals surface area contributed by atoms with Crippen LogP contribution in [0, 0.1) is 5.92 Å². The molecule has 72 valence electrons. The van der Waals surface area contributed by atoms with Gasteiger partial charge in [0.2, 0.25) is 0 Å². The van der Waals surface area contributed by atoms with Crippen LogP contribution in [-0.4, -0.2) is 24.3 Å². The van der Waals surface area contributed by atoms with Gasteiger partial charge in [0, 0.05) is 6.54 Å². The summed E-state index contributed by atoms with van der Waals surface area (Å²) >= 11 is 0. The van der Waals surface area contributed by atoms with Gasteiger partial charge in [0.1, 0.15) is 0 Å². The average Bonchev–Trinajstić information content (AvgIpc) is 2.57. The van der Waals surface area contributed by atoms with Crippen LogP contribution in [0.25, 0.3) is 0 Å². The van der Waals surface area contributed by atoms with Gasteiger partial charge in [-0.25, -0.2) is 0 Å². The Morgan fingerprint density at radius 2 is 2.08 bits per heavy atom. The van der Waals surface area contributed by atoms with Crippen LogP contribution >= 0.6 is 0 Å². The summed E-state index contributed by atoms with van der Waals surface area (Å²) in [4.78, 5) is 0. The second kappa shape index (κ2) is 5.55. The first-order valence-electron chi connectivity index (χ1n) is 5.21. The molecule has 0 aromatic carbocycles. The molecule has 1 aliphatic carbocycles. The monoisotopic (exact) mass is 171 g/mol. The first-order chi connectivity index (χ1) is 5.83. The summed E-state index contributed by atoms with van der Waals surface area (Å²) in [5.74, 6) is 0.883. The Morgan fingerprint density at radius 1 is 1.42 bits per heavy atom. The standard InChI is InChI=1S/C10H21NO/c1-2-10(12)8-11-7-9-5-3-4-6-9/h9-12H,2-8H2,1H3. The van der Waals surface area contributed by atoms with Crippen molar-refractivity contribution in [3.63, 3.8) is 0 Å². The third-order valence-corrected chi connectivity index (χ3v) is 2.76. The summed E-state index contributed by atoms with van der Waals surface area (Å²) in [6.07, 6.45) is 6.29. The van der Waals surface area contributed by atoms with E-state index in [1.54, 1.807) is 0 Å². The Balaban J connectivity index is 1.94. The molecule has 1 aliphatic rings. The van der Waals surface area contributed by atoms with Crippen LogP contribution in [-0.2, 0) is 0 Å². The summed E-state index contributed by atoms with van der Waals surface area (Å²) in [5, 5.41) is 12.6. The molecule has 0 heterocycles. The molecular weight excluding hydrogens is 150 g/mol. The van der Waals surface area contributed by atoms with E-state index in [0.717, 1.165) is 25.4 Å². The molecule has 0 radical (unpaired) electrons. The number of nitrogens with one attached hydrogen (secondary N) is 1. The van der Waals surface area contributed by atoms with Crippen molar-refractivity contribution in [1.29, 1.82) is 0 Å². The van der Waals surface area contributed by atoms with Gasteiger partial charge in [0.05, 0.1) is 6.10 Å². The van der Waals surface area contributed by atoms with E-state index in [1.165, 1.54) is 25.7 Å². The van der Waals surface area contributed by atoms with Gasteiger partial charge >= 0.3 is 0 Å². The summed E-state index contributed by atoms with van der Waals surface area (Å²) in [7, 11) is 0. The maximum Gasteiger partial charge on any atom is 0.0662 e. The molecule has 0 saturated heterocycles. The van der Waals surface area contributed by atoms with Gasteiger partial charge < -0.3 is 10.4 Å². The number of hydrogen-bond acceptors (Lipinski definition) is 2. The topological polar surface area (TPSA) is 32.3 Å². The molecule has 2 heteroatoms. The molecule has 1 unspecified atom stereocenters. The normalized spacial score (nSPS) is 21.5. The molecule has 1 atom stereocenters. The number of aliphatic hydroxyl groups is 1. The van der Waals surface area contributed by atoms with Crippen molar-refractivity contribution in [3.05, 3.63) is 0 Å². The van der Waals surface area contributed by atoms with E-state index < -0.39 is 0 Å². The Kier molecular flexibility index (Phi) is 4.62. The lowest BCUT2D eigenvalue weighted by Gasteiger charge is -2.12. The van der Waals surface area contributed by atoms with Crippen molar-refractivity contribution in [2.24, 2.45) is 5.92 Å². The molecule has 12 heavy (non-hydrogen) atoms. The minimum Gasteiger partial charge on any atom is -0.392 e. The number of hydrogen-bond donors (Lipinski definition) is 2. The summed E-state index contributed by atoms with van der Waals surface area (Å²) in [6, 6.07) is 0. The molecule has 2 nitrogen and oxygen atoms in total. The second-order valence-corrected chi connectivity index (χ2v) is 3.87. The van der Waals surface area contributed by atoms with Gasteiger partial charge in [-0.1, -0.05) is 19.8 Å². The lowest BCUT2D eigenvalue weighted by molar-refractivity contribution is 0.165. The van der Waals surface area contributed by atoms with Crippen LogP contribution < -0.4 is 5.32 Å². The molecule has 0 aromatic rings. The van der Waals surface area contributed by atoms with Crippen molar-refractivity contribution in [2.45, 2.75) is 45.1 Å². The summed E-state index contributed by atoms with van der Waals surface area (Å²) < 4.78 is 0. The molecular formula is C10H21NO. The number of rotatable bonds is 5. The van der Waals surface area contributed by atoms with Gasteiger partial charge in [-0.3, -0.25) is 0 Å². The maximum atomic E-state index is 9.27. The van der Waals surface area contributed by atoms with E-state index in [0.29, 0.717) is 0 Å². The molecule has 0 spiro atoms. The minimum atomic E-state index is -0.147. The molecule has 0 aromatic heterocycles. The largest absolute Gasteiger partial charge is 0.392 e. The third-order valence-electron chi connectivity index (χ3n) is 2.76. The van der Waals surface area contributed by atoms with Crippen molar-refractivity contribution < 1.29 is 5.11 Å². The molecule has 1 fully saturated rings. The van der Waals surface area contributed by atoms with Crippen LogP contribution in [0.1, 0.15) is 39.0 Å². The molecule has 0 amide bonds. The van der Waals surface area contributed by atoms with E-state index in [4.69, 9.17) is 0 Å². The molecule has 1 saturated carbocycles. The van der Waals surface area contributed by atoms with E-state index in [-0.39, 0.29) is 6.10 Å². The van der Waals surface area contributed by atoms with Crippen LogP contribution in [0.4, 0.5) is 0 Å². The van der Waals surface area contributed by atoms with E-state index in [2.05, 4.69) is 5.32 Å². The minimum absolute atomic E-state index is 0.147. The highest BCUT2D eigenvalue weighted by Crippen LogP contribution is 2.23. The average molecular weight is 171 g/mol. The van der Waals surface area contributed by atoms with Crippen molar-refractivity contribution in [3.8, 4) is 0 Å². The van der Waals surface area contributed by atoms with Gasteiger partial charge in [-0.05, 0) is 31.7 Å². The van der Waals surface area contributed by atoms with E-state index in [9.17, 15) is 5.11 Å². The van der Waals surface area contributed by atoms with Crippen LogP contribution in [0.2, 0.25) is 0 Å². The first-order valence-corrected chi connectivity index (χ1v) is 5.21. The highest BCUT2D eigenvalue weighted by atomic mass is 16.3. The predicted molar refractivity (Wildman–Crippen MR) is 51.1 cm³/mol. The maximum absolute atomic E-state index is 9.27. The summed E-state index contributed by atoms with van der Waals surface area (Å²) in [6.45, 7) is 3.89. The molecule has 2 N–H and O–H groups in total. The highest BCUT2D eigenvalue weighted by Gasteiger charge is 2.14. The van der Waals surface area contributed by atoms with Crippen molar-refractivity contribution in [2.75, 3.05) is 13.1 Å². The van der Waals surface area contributed by atoms with Gasteiger partial charge in [0.25, 0.3) is 0 Å². The van der Waals surface area contributed by atoms with Gasteiger partial charge in [-0.15, -0.1) is 0 Å². The molecule has 0 aliphatic heterocycles. The number of aliphatic hydroxyl groups excluding tert-OH is 1. The third kappa shape index (κ3) is 3.55. The first kappa shape index (κ1) is 10.0. The second-order valence-electron chi connectivity index (χ2n) is 3.87. The van der Waals surface area contributed by atoms with Crippen molar-refractivity contribution >= 4 is 0 Å². The van der Waals surface area contributed by atoms with Crippen LogP contribution in [0.3, 0.4) is 0 Å². The van der Waals surface area contributed by atoms with Crippen LogP contribution in [0.15, 0.2) is 0 Å². The van der Waals surface area contributed by atoms with E-state index >= 15 is 0 Å². The Labute approximate surface area is 75.4 Å². The molecule has 0 bridgehead atoms. The Morgan fingerprint density at radius 3 is 2.67 bits per heavy atom. The summed E-state index contributed by atoms with van der Waals surface area (Å²) in [5.41, 5.74) is 0. The van der Waals surface area contributed by atoms with E-state index in [1.807, 2.05) is 6.92 Å². The Hall–Kier alpha value is -0.0800. The van der Waals surface area contributed by atoms with Crippen LogP contribution in [0.5, 0.6) is 0 Å². The molecule has 1 rings (SSSR count). The zero-order valence-corrected chi connectivity index (χ0v) is 8.05. The fraction of sp³-hybridized carbons (Fsp3) is 1.00. The Bertz CT molecular complexity index is 110. The van der Waals surface area contributed by atoms with Gasteiger partial charge in [0.15, 0.2) is 0 Å². The smallest absolute Gasteiger partial charge is 0.0662 e. The van der Waals surface area contributed by atoms with Gasteiger partial charge in [-0.2, -0.15) is 0 Å². The quantitative estimate of drug-likeness (QED) is 0.657. The predicted octanol–water partition coefficient (Wildman–Crippen LogP) is 1.54. The fourth-order valence-corrected chi connectivity index (χ4v) is 1.81. The SMILES string of the molecule is CCC(O)CNCC1CCCC1. The lowest BCUT2D eigenvalue weighted by Crippen LogP contribution is -2.29.